The van der Waals surface area contributed by atoms with Crippen molar-refractivity contribution in [2.75, 3.05) is 0 Å². The van der Waals surface area contributed by atoms with E-state index in [1.165, 1.54) is 18.4 Å². The summed E-state index contributed by atoms with van der Waals surface area (Å²) in [5.74, 6) is 0. The minimum Gasteiger partial charge on any atom is -1.00 e. The van der Waals surface area contributed by atoms with Crippen LogP contribution >= 0.6 is 11.2 Å². The molecule has 2 aliphatic rings. The molecule has 0 saturated heterocycles. The molecule has 139 valence electrons. The molecule has 0 aromatic carbocycles. The monoisotopic (exact) mass is 449 g/mol. The summed E-state index contributed by atoms with van der Waals surface area (Å²) >= 11 is 4.62. The van der Waals surface area contributed by atoms with E-state index in [4.69, 9.17) is 0 Å². The Labute approximate surface area is 184 Å². The van der Waals surface area contributed by atoms with E-state index in [1.54, 1.807) is 15.0 Å². The van der Waals surface area contributed by atoms with Crippen LogP contribution in [0.3, 0.4) is 0 Å². The van der Waals surface area contributed by atoms with Crippen molar-refractivity contribution in [1.82, 2.24) is 0 Å². The standard InChI is InChI=1S/C20H31SSi.2ClH.Ti/c1-16-12-13-20(21-22(5,6)7,15-17-10-8-9-11-17)18(14-16)19(2,3)4;;;/h8,10,12,14H,9,13,15H2,1-7H3;2*1H;/q;;;+2/p-2. The Kier molecular flexibility index (Phi) is 9.65. The van der Waals surface area contributed by atoms with Gasteiger partial charge in [0, 0.05) is 0 Å². The van der Waals surface area contributed by atoms with Crippen molar-refractivity contribution in [1.29, 1.82) is 0 Å². The van der Waals surface area contributed by atoms with Crippen LogP contribution in [0.4, 0.5) is 0 Å². The molecule has 0 spiro atoms. The van der Waals surface area contributed by atoms with Gasteiger partial charge in [-0.1, -0.05) is 0 Å². The molecular weight excluding hydrogens is 419 g/mol. The van der Waals surface area contributed by atoms with Crippen molar-refractivity contribution in [2.45, 2.75) is 71.3 Å². The molecule has 1 atom stereocenters. The molecule has 0 radical (unpaired) electrons. The van der Waals surface area contributed by atoms with E-state index in [9.17, 15) is 0 Å². The second kappa shape index (κ2) is 9.35. The second-order valence-electron chi connectivity index (χ2n) is 8.96. The molecule has 0 amide bonds. The van der Waals surface area contributed by atoms with Gasteiger partial charge >= 0.3 is 161 Å². The average Bonchev–Trinajstić information content (AvgIpc) is 2.75. The molecule has 0 heterocycles. The van der Waals surface area contributed by atoms with Crippen LogP contribution in [0.25, 0.3) is 0 Å². The smallest absolute Gasteiger partial charge is 1.00 e. The van der Waals surface area contributed by atoms with Gasteiger partial charge in [-0.05, 0) is 0 Å². The number of hydrogen-bond acceptors (Lipinski definition) is 1. The Morgan fingerprint density at radius 3 is 2.24 bits per heavy atom. The van der Waals surface area contributed by atoms with Gasteiger partial charge in [0.2, 0.25) is 0 Å². The van der Waals surface area contributed by atoms with E-state index >= 15 is 0 Å². The Bertz CT molecular complexity index is 606. The first-order chi connectivity index (χ1) is 10.4. The van der Waals surface area contributed by atoms with E-state index in [1.807, 2.05) is 0 Å². The largest absolute Gasteiger partial charge is 1.00 e. The van der Waals surface area contributed by atoms with E-state index in [-0.39, 0.29) is 35.0 Å². The van der Waals surface area contributed by atoms with Crippen LogP contribution in [0.2, 0.25) is 19.6 Å². The third-order valence-corrected chi connectivity index (χ3v) is 9.79. The van der Waals surface area contributed by atoms with Gasteiger partial charge in [0.25, 0.3) is 0 Å². The molecule has 0 nitrogen and oxygen atoms in total. The van der Waals surface area contributed by atoms with Gasteiger partial charge in [-0.15, -0.1) is 0 Å². The van der Waals surface area contributed by atoms with Crippen LogP contribution in [0.1, 0.15) is 47.0 Å². The number of rotatable bonds is 4. The predicted molar refractivity (Wildman–Crippen MR) is 105 cm³/mol. The molecule has 0 N–H and O–H groups in total. The number of halogens is 2. The average molecular weight is 450 g/mol. The predicted octanol–water partition coefficient (Wildman–Crippen LogP) is 0.775. The molecule has 0 saturated carbocycles. The number of allylic oxidation sites excluding steroid dienone is 7. The van der Waals surface area contributed by atoms with E-state index in [2.05, 4.69) is 103 Å². The van der Waals surface area contributed by atoms with E-state index in [0.717, 1.165) is 6.42 Å². The molecule has 2 rings (SSSR count). The SMILES string of the molecule is CC1=CCC(CC2=[C]([Ti+2])CC=C2)(S[Si](C)(C)C)C(C(C)(C)C)=C1.[Cl-].[Cl-]. The first-order valence-electron chi connectivity index (χ1n) is 8.63. The molecule has 2 aliphatic carbocycles. The number of hydrogen-bond donors (Lipinski definition) is 0. The van der Waals surface area contributed by atoms with E-state index in [0.29, 0.717) is 0 Å². The fraction of sp³-hybridized carbons (Fsp3) is 0.600. The molecule has 5 heteroatoms. The molecule has 0 aliphatic heterocycles. The molecule has 0 aromatic heterocycles. The summed E-state index contributed by atoms with van der Waals surface area (Å²) < 4.78 is 1.81. The Morgan fingerprint density at radius 1 is 1.20 bits per heavy atom. The minimum atomic E-state index is -1.25. The Hall–Kier alpha value is 0.821. The van der Waals surface area contributed by atoms with Crippen molar-refractivity contribution in [3.8, 4) is 0 Å². The summed E-state index contributed by atoms with van der Waals surface area (Å²) in [5, 5.41) is 0. The summed E-state index contributed by atoms with van der Waals surface area (Å²) in [6.07, 6.45) is 13.2. The van der Waals surface area contributed by atoms with Crippen molar-refractivity contribution < 1.29 is 45.2 Å². The molecule has 0 fully saturated rings. The zero-order valence-corrected chi connectivity index (χ0v) is 21.5. The first kappa shape index (κ1) is 25.8. The van der Waals surface area contributed by atoms with Crippen LogP contribution in [0.5, 0.6) is 0 Å². The maximum Gasteiger partial charge on any atom is -1.00 e. The Morgan fingerprint density at radius 2 is 1.80 bits per heavy atom. The van der Waals surface area contributed by atoms with Crippen molar-refractivity contribution >= 4 is 18.4 Å². The van der Waals surface area contributed by atoms with Crippen LogP contribution in [-0.4, -0.2) is 12.0 Å². The maximum atomic E-state index is 2.50. The Balaban J connectivity index is 0.00000288. The van der Waals surface area contributed by atoms with Gasteiger partial charge in [0.05, 0.1) is 0 Å². The van der Waals surface area contributed by atoms with Crippen molar-refractivity contribution in [3.63, 3.8) is 0 Å². The second-order valence-corrected chi connectivity index (χ2v) is 19.4. The third kappa shape index (κ3) is 6.73. The van der Waals surface area contributed by atoms with Gasteiger partial charge in [-0.25, -0.2) is 0 Å². The summed E-state index contributed by atoms with van der Waals surface area (Å²) in [4.78, 5) is 0. The van der Waals surface area contributed by atoms with Crippen molar-refractivity contribution in [2.24, 2.45) is 5.41 Å². The van der Waals surface area contributed by atoms with Gasteiger partial charge in [-0.3, -0.25) is 0 Å². The van der Waals surface area contributed by atoms with Crippen LogP contribution in [-0.2, 0) is 20.4 Å². The molecule has 25 heavy (non-hydrogen) atoms. The van der Waals surface area contributed by atoms with Gasteiger partial charge in [-0.2, -0.15) is 0 Å². The normalized spacial score (nSPS) is 23.7. The quantitative estimate of drug-likeness (QED) is 0.571. The third-order valence-electron chi connectivity index (χ3n) is 4.43. The maximum absolute atomic E-state index is 2.50. The van der Waals surface area contributed by atoms with Gasteiger partial charge < -0.3 is 24.8 Å². The van der Waals surface area contributed by atoms with Gasteiger partial charge in [0.15, 0.2) is 0 Å². The van der Waals surface area contributed by atoms with Crippen LogP contribution in [0.15, 0.2) is 44.9 Å². The fourth-order valence-electron chi connectivity index (χ4n) is 3.66. The fourth-order valence-corrected chi connectivity index (χ4v) is 10.5. The molecular formula is C20H31Cl2SSiTi. The van der Waals surface area contributed by atoms with E-state index < -0.39 is 7.22 Å². The molecule has 0 aromatic rings. The molecule has 1 unspecified atom stereocenters. The topological polar surface area (TPSA) is 0 Å². The minimum absolute atomic E-state index is 0. The van der Waals surface area contributed by atoms with Gasteiger partial charge in [0.1, 0.15) is 0 Å². The summed E-state index contributed by atoms with van der Waals surface area (Å²) in [6, 6.07) is 0. The first-order valence-corrected chi connectivity index (χ1v) is 14.4. The zero-order chi connectivity index (χ0) is 17.5. The van der Waals surface area contributed by atoms with Crippen LogP contribution < -0.4 is 24.8 Å². The summed E-state index contributed by atoms with van der Waals surface area (Å²) in [7, 11) is -1.25. The molecule has 0 bridgehead atoms. The van der Waals surface area contributed by atoms with Crippen LogP contribution in [0, 0.1) is 5.41 Å². The summed E-state index contributed by atoms with van der Waals surface area (Å²) in [6.45, 7) is 16.9. The summed E-state index contributed by atoms with van der Waals surface area (Å²) in [5.41, 5.74) is 4.89. The van der Waals surface area contributed by atoms with Crippen molar-refractivity contribution in [3.05, 3.63) is 44.9 Å². The zero-order valence-electron chi connectivity index (χ0n) is 16.6.